The maximum Gasteiger partial charge on any atom is 0.262 e. The highest BCUT2D eigenvalue weighted by molar-refractivity contribution is 9.10. The number of thioether (sulfide) groups is 1. The van der Waals surface area contributed by atoms with Gasteiger partial charge in [0.15, 0.2) is 18.1 Å². The van der Waals surface area contributed by atoms with Crippen LogP contribution in [0.1, 0.15) is 12.5 Å². The summed E-state index contributed by atoms with van der Waals surface area (Å²) in [5.74, 6) is 0.520. The molecule has 0 spiro atoms. The van der Waals surface area contributed by atoms with E-state index in [-0.39, 0.29) is 24.2 Å². The third-order valence-corrected chi connectivity index (χ3v) is 6.18. The summed E-state index contributed by atoms with van der Waals surface area (Å²) in [4.78, 5) is 25.3. The first-order chi connectivity index (χ1) is 16.9. The number of nitrogens with zero attached hydrogens (tertiary/aromatic N) is 1. The van der Waals surface area contributed by atoms with Gasteiger partial charge in [0.25, 0.3) is 5.91 Å². The number of carbonyl (C=O) groups excluding carboxylic acids is 2. The summed E-state index contributed by atoms with van der Waals surface area (Å²) in [6.07, 6.45) is 1.50. The van der Waals surface area contributed by atoms with Gasteiger partial charge in [-0.25, -0.2) is 5.43 Å². The fraction of sp³-hybridized carbons (Fsp3) is 0.160. The van der Waals surface area contributed by atoms with E-state index in [0.29, 0.717) is 38.9 Å². The van der Waals surface area contributed by atoms with Crippen molar-refractivity contribution in [3.8, 4) is 11.5 Å². The van der Waals surface area contributed by atoms with Crippen LogP contribution >= 0.6 is 39.3 Å². The van der Waals surface area contributed by atoms with Crippen LogP contribution < -0.4 is 20.2 Å². The highest BCUT2D eigenvalue weighted by Gasteiger charge is 2.14. The molecule has 182 valence electrons. The Morgan fingerprint density at radius 2 is 1.80 bits per heavy atom. The summed E-state index contributed by atoms with van der Waals surface area (Å²) in [5, 5.41) is 7.43. The van der Waals surface area contributed by atoms with Gasteiger partial charge in [0.2, 0.25) is 5.91 Å². The molecule has 0 atom stereocenters. The Bertz CT molecular complexity index is 1180. The molecule has 0 radical (unpaired) electrons. The molecule has 0 bridgehead atoms. The molecule has 0 saturated carbocycles. The number of para-hydroxylation sites is 1. The topological polar surface area (TPSA) is 89.0 Å². The van der Waals surface area contributed by atoms with Crippen LogP contribution in [-0.4, -0.2) is 37.0 Å². The molecule has 10 heteroatoms. The van der Waals surface area contributed by atoms with Gasteiger partial charge in [-0.1, -0.05) is 29.8 Å². The molecule has 0 saturated heterocycles. The van der Waals surface area contributed by atoms with Crippen LogP contribution in [0.3, 0.4) is 0 Å². The van der Waals surface area contributed by atoms with E-state index in [2.05, 4.69) is 31.8 Å². The lowest BCUT2D eigenvalue weighted by atomic mass is 10.2. The lowest BCUT2D eigenvalue weighted by molar-refractivity contribution is -0.119. The number of benzene rings is 3. The Labute approximate surface area is 221 Å². The summed E-state index contributed by atoms with van der Waals surface area (Å²) in [5.41, 5.74) is 3.86. The van der Waals surface area contributed by atoms with Crippen molar-refractivity contribution in [3.05, 3.63) is 81.8 Å². The van der Waals surface area contributed by atoms with E-state index in [1.165, 1.54) is 18.0 Å². The van der Waals surface area contributed by atoms with Crippen LogP contribution in [-0.2, 0) is 9.59 Å². The highest BCUT2D eigenvalue weighted by atomic mass is 79.9. The zero-order valence-corrected chi connectivity index (χ0v) is 22.0. The number of rotatable bonds is 11. The minimum Gasteiger partial charge on any atom is -0.490 e. The number of amides is 2. The van der Waals surface area contributed by atoms with Crippen molar-refractivity contribution in [1.82, 2.24) is 5.43 Å². The summed E-state index contributed by atoms with van der Waals surface area (Å²) in [6, 6.07) is 19.9. The highest BCUT2D eigenvalue weighted by Crippen LogP contribution is 2.36. The van der Waals surface area contributed by atoms with Crippen molar-refractivity contribution in [2.45, 2.75) is 11.8 Å². The van der Waals surface area contributed by atoms with E-state index in [0.717, 1.165) is 4.90 Å². The standard InChI is InChI=1S/C25H23BrClN3O4S/c1-2-33-22-13-17(14-28-30-24(32)16-35-20-10-8-18(27)9-11-20)12-21(26)25(22)34-15-23(31)29-19-6-4-3-5-7-19/h3-14H,2,15-16H2,1H3,(H,29,31)(H,30,32)/b28-14-. The molecule has 35 heavy (non-hydrogen) atoms. The first-order valence-electron chi connectivity index (χ1n) is 10.6. The van der Waals surface area contributed by atoms with Crippen LogP contribution in [0, 0.1) is 0 Å². The van der Waals surface area contributed by atoms with Gasteiger partial charge < -0.3 is 14.8 Å². The molecule has 0 unspecified atom stereocenters. The predicted molar refractivity (Wildman–Crippen MR) is 144 cm³/mol. The summed E-state index contributed by atoms with van der Waals surface area (Å²) in [6.45, 7) is 2.06. The number of hydrazone groups is 1. The van der Waals surface area contributed by atoms with Gasteiger partial charge in [-0.05, 0) is 76.9 Å². The van der Waals surface area contributed by atoms with Crippen molar-refractivity contribution in [1.29, 1.82) is 0 Å². The van der Waals surface area contributed by atoms with E-state index >= 15 is 0 Å². The van der Waals surface area contributed by atoms with Crippen LogP contribution in [0.2, 0.25) is 5.02 Å². The fourth-order valence-corrected chi connectivity index (χ4v) is 4.20. The fourth-order valence-electron chi connectivity index (χ4n) is 2.81. The first kappa shape index (κ1) is 26.6. The second-order valence-electron chi connectivity index (χ2n) is 7.00. The third-order valence-electron chi connectivity index (χ3n) is 4.32. The maximum absolute atomic E-state index is 12.2. The molecule has 0 aliphatic heterocycles. The molecule has 2 amide bonds. The van der Waals surface area contributed by atoms with Crippen molar-refractivity contribution in [2.75, 3.05) is 24.3 Å². The van der Waals surface area contributed by atoms with Gasteiger partial charge in [0.1, 0.15) is 0 Å². The number of nitrogens with one attached hydrogen (secondary N) is 2. The second kappa shape index (κ2) is 13.8. The number of hydrogen-bond donors (Lipinski definition) is 2. The summed E-state index contributed by atoms with van der Waals surface area (Å²) >= 11 is 10.7. The molecule has 2 N–H and O–H groups in total. The number of carbonyl (C=O) groups is 2. The molecule has 0 aliphatic rings. The molecule has 0 aromatic heterocycles. The Kier molecular flexibility index (Phi) is 10.5. The second-order valence-corrected chi connectivity index (χ2v) is 9.34. The maximum atomic E-state index is 12.2. The number of hydrogen-bond acceptors (Lipinski definition) is 6. The van der Waals surface area contributed by atoms with E-state index in [4.69, 9.17) is 21.1 Å². The zero-order chi connectivity index (χ0) is 25.0. The SMILES string of the molecule is CCOc1cc(/C=N\NC(=O)CSc2ccc(Cl)cc2)cc(Br)c1OCC(=O)Nc1ccccc1. The largest absolute Gasteiger partial charge is 0.490 e. The number of halogens is 2. The molecule has 3 aromatic rings. The van der Waals surface area contributed by atoms with E-state index in [9.17, 15) is 9.59 Å². The van der Waals surface area contributed by atoms with Crippen molar-refractivity contribution in [3.63, 3.8) is 0 Å². The van der Waals surface area contributed by atoms with Gasteiger partial charge in [-0.3, -0.25) is 9.59 Å². The monoisotopic (exact) mass is 575 g/mol. The number of anilines is 1. The minimum absolute atomic E-state index is 0.192. The van der Waals surface area contributed by atoms with E-state index < -0.39 is 0 Å². The molecule has 3 rings (SSSR count). The summed E-state index contributed by atoms with van der Waals surface area (Å²) in [7, 11) is 0. The van der Waals surface area contributed by atoms with Crippen molar-refractivity contribution in [2.24, 2.45) is 5.10 Å². The Morgan fingerprint density at radius 1 is 1.06 bits per heavy atom. The lowest BCUT2D eigenvalue weighted by Gasteiger charge is -2.14. The zero-order valence-electron chi connectivity index (χ0n) is 18.8. The Hall–Kier alpha value is -3.01. The molecule has 0 fully saturated rings. The quantitative estimate of drug-likeness (QED) is 0.172. The summed E-state index contributed by atoms with van der Waals surface area (Å²) < 4.78 is 12.0. The van der Waals surface area contributed by atoms with Gasteiger partial charge in [-0.15, -0.1) is 11.8 Å². The lowest BCUT2D eigenvalue weighted by Crippen LogP contribution is -2.20. The molecule has 7 nitrogen and oxygen atoms in total. The third kappa shape index (κ3) is 8.93. The van der Waals surface area contributed by atoms with Crippen LogP contribution in [0.5, 0.6) is 11.5 Å². The Balaban J connectivity index is 1.56. The molecular formula is C25H23BrClN3O4S. The normalized spacial score (nSPS) is 10.7. The average Bonchev–Trinajstić information content (AvgIpc) is 2.84. The van der Waals surface area contributed by atoms with Gasteiger partial charge in [0, 0.05) is 15.6 Å². The minimum atomic E-state index is -0.296. The van der Waals surface area contributed by atoms with Crippen LogP contribution in [0.15, 0.2) is 81.2 Å². The van der Waals surface area contributed by atoms with Crippen LogP contribution in [0.4, 0.5) is 5.69 Å². The van der Waals surface area contributed by atoms with E-state index in [1.807, 2.05) is 37.3 Å². The molecular weight excluding hydrogens is 554 g/mol. The van der Waals surface area contributed by atoms with Crippen LogP contribution in [0.25, 0.3) is 0 Å². The van der Waals surface area contributed by atoms with Gasteiger partial charge >= 0.3 is 0 Å². The van der Waals surface area contributed by atoms with Gasteiger partial charge in [0.05, 0.1) is 23.0 Å². The smallest absolute Gasteiger partial charge is 0.262 e. The van der Waals surface area contributed by atoms with Gasteiger partial charge in [-0.2, -0.15) is 5.10 Å². The molecule has 0 heterocycles. The van der Waals surface area contributed by atoms with Crippen molar-refractivity contribution >= 4 is 63.0 Å². The predicted octanol–water partition coefficient (Wildman–Crippen LogP) is 5.76. The Morgan fingerprint density at radius 3 is 2.51 bits per heavy atom. The van der Waals surface area contributed by atoms with Crippen molar-refractivity contribution < 1.29 is 19.1 Å². The number of ether oxygens (including phenoxy) is 2. The molecule has 0 aliphatic carbocycles. The average molecular weight is 577 g/mol. The molecule has 3 aromatic carbocycles. The van der Waals surface area contributed by atoms with E-state index in [1.54, 1.807) is 36.4 Å². The first-order valence-corrected chi connectivity index (χ1v) is 12.7.